The maximum absolute atomic E-state index is 13.7. The minimum absolute atomic E-state index is 0.222. The summed E-state index contributed by atoms with van der Waals surface area (Å²) in [5.74, 6) is 0.565. The zero-order valence-corrected chi connectivity index (χ0v) is 10.1. The number of benzene rings is 2. The van der Waals surface area contributed by atoms with Crippen molar-refractivity contribution >= 4 is 5.69 Å². The first-order chi connectivity index (χ1) is 8.74. The van der Waals surface area contributed by atoms with Crippen molar-refractivity contribution in [1.29, 1.82) is 0 Å². The van der Waals surface area contributed by atoms with Gasteiger partial charge < -0.3 is 10.1 Å². The van der Waals surface area contributed by atoms with E-state index in [1.807, 2.05) is 31.2 Å². The van der Waals surface area contributed by atoms with Crippen molar-refractivity contribution in [2.45, 2.75) is 13.0 Å². The molecule has 0 fully saturated rings. The third-order valence-electron chi connectivity index (χ3n) is 3.14. The van der Waals surface area contributed by atoms with Crippen LogP contribution in [0.2, 0.25) is 0 Å². The van der Waals surface area contributed by atoms with Crippen molar-refractivity contribution in [3.63, 3.8) is 0 Å². The topological polar surface area (TPSA) is 21.3 Å². The van der Waals surface area contributed by atoms with Crippen molar-refractivity contribution in [3.05, 3.63) is 59.4 Å². The van der Waals surface area contributed by atoms with Crippen LogP contribution in [0.3, 0.4) is 0 Å². The van der Waals surface area contributed by atoms with Gasteiger partial charge in [0.25, 0.3) is 0 Å². The first-order valence-corrected chi connectivity index (χ1v) is 5.99. The van der Waals surface area contributed by atoms with Gasteiger partial charge in [0.2, 0.25) is 0 Å². The number of hydrogen-bond acceptors (Lipinski definition) is 2. The van der Waals surface area contributed by atoms with Gasteiger partial charge in [0, 0.05) is 5.56 Å². The Hall–Kier alpha value is -2.03. The Morgan fingerprint density at radius 3 is 2.89 bits per heavy atom. The van der Waals surface area contributed by atoms with E-state index >= 15 is 0 Å². The number of aryl methyl sites for hydroxylation is 1. The normalized spacial score (nSPS) is 17.6. The molecule has 0 aliphatic carbocycles. The van der Waals surface area contributed by atoms with E-state index < -0.39 is 0 Å². The van der Waals surface area contributed by atoms with E-state index in [2.05, 4.69) is 5.32 Å². The number of fused-ring (bicyclic) bond motifs is 1. The molecular weight excluding hydrogens is 229 g/mol. The first-order valence-electron chi connectivity index (χ1n) is 5.99. The summed E-state index contributed by atoms with van der Waals surface area (Å²) in [5.41, 5.74) is 2.69. The van der Waals surface area contributed by atoms with Gasteiger partial charge >= 0.3 is 0 Å². The zero-order chi connectivity index (χ0) is 12.5. The fourth-order valence-corrected chi connectivity index (χ4v) is 2.18. The highest BCUT2D eigenvalue weighted by Gasteiger charge is 2.22. The van der Waals surface area contributed by atoms with Gasteiger partial charge in [-0.1, -0.05) is 24.3 Å². The molecule has 92 valence electrons. The van der Waals surface area contributed by atoms with Crippen molar-refractivity contribution in [1.82, 2.24) is 0 Å². The van der Waals surface area contributed by atoms with Gasteiger partial charge in [-0.15, -0.1) is 0 Å². The first kappa shape index (κ1) is 11.1. The molecule has 0 spiro atoms. The minimum atomic E-state index is -0.277. The van der Waals surface area contributed by atoms with Gasteiger partial charge in [-0.2, -0.15) is 0 Å². The second-order valence-corrected chi connectivity index (χ2v) is 4.51. The predicted molar refractivity (Wildman–Crippen MR) is 69.4 cm³/mol. The molecule has 0 radical (unpaired) electrons. The summed E-state index contributed by atoms with van der Waals surface area (Å²) in [7, 11) is 0. The average Bonchev–Trinajstić information content (AvgIpc) is 2.38. The molecule has 2 aromatic rings. The smallest absolute Gasteiger partial charge is 0.144 e. The van der Waals surface area contributed by atoms with Gasteiger partial charge in [-0.3, -0.25) is 0 Å². The van der Waals surface area contributed by atoms with Crippen molar-refractivity contribution in [2.75, 3.05) is 11.9 Å². The number of anilines is 1. The van der Waals surface area contributed by atoms with Crippen LogP contribution in [0, 0.1) is 12.7 Å². The molecular formula is C15H14FNO. The largest absolute Gasteiger partial charge is 0.482 e. The molecule has 1 heterocycles. The lowest BCUT2D eigenvalue weighted by atomic mass is 10.1. The van der Waals surface area contributed by atoms with Crippen LogP contribution in [0.4, 0.5) is 10.1 Å². The average molecular weight is 243 g/mol. The molecule has 1 aliphatic heterocycles. The molecule has 1 atom stereocenters. The summed E-state index contributed by atoms with van der Waals surface area (Å²) < 4.78 is 19.6. The molecule has 1 unspecified atom stereocenters. The van der Waals surface area contributed by atoms with E-state index in [9.17, 15) is 4.39 Å². The highest BCUT2D eigenvalue weighted by Crippen LogP contribution is 2.35. The minimum Gasteiger partial charge on any atom is -0.482 e. The summed E-state index contributed by atoms with van der Waals surface area (Å²) in [6.45, 7) is 2.59. The summed E-state index contributed by atoms with van der Waals surface area (Å²) in [4.78, 5) is 0. The Balaban J connectivity index is 1.93. The zero-order valence-electron chi connectivity index (χ0n) is 10.1. The highest BCUT2D eigenvalue weighted by molar-refractivity contribution is 5.59. The Labute approximate surface area is 105 Å². The maximum atomic E-state index is 13.7. The molecule has 0 bridgehead atoms. The van der Waals surface area contributed by atoms with E-state index in [4.69, 9.17) is 4.74 Å². The number of halogens is 1. The second-order valence-electron chi connectivity index (χ2n) is 4.51. The Morgan fingerprint density at radius 1 is 1.22 bits per heavy atom. The molecule has 0 saturated carbocycles. The lowest BCUT2D eigenvalue weighted by molar-refractivity contribution is 0.205. The van der Waals surface area contributed by atoms with Crippen LogP contribution in [0.15, 0.2) is 42.5 Å². The lowest BCUT2D eigenvalue weighted by Gasteiger charge is -2.28. The summed E-state index contributed by atoms with van der Waals surface area (Å²) >= 11 is 0. The molecule has 1 aliphatic rings. The van der Waals surface area contributed by atoms with Gasteiger partial charge in [-0.25, -0.2) is 4.39 Å². The van der Waals surface area contributed by atoms with Crippen LogP contribution in [-0.2, 0) is 0 Å². The van der Waals surface area contributed by atoms with E-state index in [0.29, 0.717) is 12.1 Å². The van der Waals surface area contributed by atoms with Crippen LogP contribution < -0.4 is 10.1 Å². The van der Waals surface area contributed by atoms with E-state index in [1.165, 1.54) is 6.07 Å². The molecule has 0 amide bonds. The van der Waals surface area contributed by atoms with Crippen LogP contribution in [0.1, 0.15) is 17.2 Å². The SMILES string of the molecule is Cc1ccc2c(c1)OC(c1ccccc1F)CN2. The van der Waals surface area contributed by atoms with Crippen LogP contribution in [0.5, 0.6) is 5.75 Å². The fraction of sp³-hybridized carbons (Fsp3) is 0.200. The fourth-order valence-electron chi connectivity index (χ4n) is 2.18. The van der Waals surface area contributed by atoms with Gasteiger partial charge in [0.15, 0.2) is 0 Å². The highest BCUT2D eigenvalue weighted by atomic mass is 19.1. The number of rotatable bonds is 1. The predicted octanol–water partition coefficient (Wildman–Crippen LogP) is 3.68. The van der Waals surface area contributed by atoms with Crippen molar-refractivity contribution < 1.29 is 9.13 Å². The van der Waals surface area contributed by atoms with Crippen LogP contribution in [-0.4, -0.2) is 6.54 Å². The quantitative estimate of drug-likeness (QED) is 0.825. The van der Waals surface area contributed by atoms with E-state index in [1.54, 1.807) is 12.1 Å². The lowest BCUT2D eigenvalue weighted by Crippen LogP contribution is -2.24. The summed E-state index contributed by atoms with van der Waals surface area (Å²) in [6, 6.07) is 12.7. The Kier molecular flexibility index (Phi) is 2.67. The van der Waals surface area contributed by atoms with Crippen LogP contribution in [0.25, 0.3) is 0 Å². The molecule has 3 heteroatoms. The molecule has 2 aromatic carbocycles. The van der Waals surface area contributed by atoms with Gasteiger partial charge in [-0.05, 0) is 30.7 Å². The molecule has 0 aromatic heterocycles. The number of hydrogen-bond donors (Lipinski definition) is 1. The summed E-state index contributed by atoms with van der Waals surface area (Å²) in [6.07, 6.45) is -0.277. The third-order valence-corrected chi connectivity index (χ3v) is 3.14. The van der Waals surface area contributed by atoms with Crippen molar-refractivity contribution in [2.24, 2.45) is 0 Å². The number of ether oxygens (including phenoxy) is 1. The third kappa shape index (κ3) is 1.92. The monoisotopic (exact) mass is 243 g/mol. The van der Waals surface area contributed by atoms with E-state index in [-0.39, 0.29) is 11.9 Å². The molecule has 2 nitrogen and oxygen atoms in total. The summed E-state index contributed by atoms with van der Waals surface area (Å²) in [5, 5.41) is 3.27. The molecule has 18 heavy (non-hydrogen) atoms. The molecule has 0 saturated heterocycles. The van der Waals surface area contributed by atoms with Gasteiger partial charge in [0.1, 0.15) is 17.7 Å². The Bertz CT molecular complexity index is 582. The second kappa shape index (κ2) is 4.33. The maximum Gasteiger partial charge on any atom is 0.144 e. The van der Waals surface area contributed by atoms with E-state index in [0.717, 1.165) is 17.0 Å². The van der Waals surface area contributed by atoms with Crippen LogP contribution >= 0.6 is 0 Å². The van der Waals surface area contributed by atoms with Gasteiger partial charge in [0.05, 0.1) is 12.2 Å². The standard InChI is InChI=1S/C15H14FNO/c1-10-6-7-13-14(8-10)18-15(9-17-13)11-4-2-3-5-12(11)16/h2-8,15,17H,9H2,1H3. The van der Waals surface area contributed by atoms with Crippen molar-refractivity contribution in [3.8, 4) is 5.75 Å². The molecule has 3 rings (SSSR count). The Morgan fingerprint density at radius 2 is 2.06 bits per heavy atom. The number of nitrogens with one attached hydrogen (secondary N) is 1. The molecule has 1 N–H and O–H groups in total.